The molecule has 0 amide bonds. The van der Waals surface area contributed by atoms with Crippen LogP contribution in [0.1, 0.15) is 12.8 Å². The zero-order valence-electron chi connectivity index (χ0n) is 22.5. The van der Waals surface area contributed by atoms with Gasteiger partial charge in [0.15, 0.2) is 11.3 Å². The molecule has 0 saturated carbocycles. The third kappa shape index (κ3) is 6.54. The number of aromatic nitrogens is 5. The number of β-amino-alcohol motifs (C(OH)–C–C–N with tert-alkyl or cyclic N) is 1. The van der Waals surface area contributed by atoms with Crippen molar-refractivity contribution in [3.05, 3.63) is 42.6 Å². The van der Waals surface area contributed by atoms with E-state index in [-0.39, 0.29) is 12.6 Å². The first-order valence-electron chi connectivity index (χ1n) is 13.7. The van der Waals surface area contributed by atoms with Crippen LogP contribution in [0.3, 0.4) is 0 Å². The Morgan fingerprint density at radius 3 is 2.71 bits per heavy atom. The Balaban J connectivity index is 1.21. The van der Waals surface area contributed by atoms with Crippen molar-refractivity contribution in [2.45, 2.75) is 18.9 Å². The molecule has 13 nitrogen and oxygen atoms in total. The summed E-state index contributed by atoms with van der Waals surface area (Å²) < 4.78 is 5.90. The molecule has 3 aromatic heterocycles. The van der Waals surface area contributed by atoms with Crippen LogP contribution in [0.15, 0.2) is 47.0 Å². The van der Waals surface area contributed by atoms with E-state index in [9.17, 15) is 10.4 Å². The molecule has 41 heavy (non-hydrogen) atoms. The molecule has 5 heterocycles. The maximum Gasteiger partial charge on any atom is 0.259 e. The lowest BCUT2D eigenvalue weighted by molar-refractivity contribution is 0.188. The molecule has 14 heteroatoms. The predicted octanol–water partition coefficient (Wildman–Crippen LogP) is 2.87. The second-order valence-electron chi connectivity index (χ2n) is 9.95. The number of nitrogens with zero attached hydrogens (tertiary/aromatic N) is 9. The lowest BCUT2D eigenvalue weighted by Crippen LogP contribution is -2.47. The molecule has 4 aromatic rings. The molecule has 1 aromatic carbocycles. The van der Waals surface area contributed by atoms with Crippen LogP contribution in [0.2, 0.25) is 0 Å². The summed E-state index contributed by atoms with van der Waals surface area (Å²) in [5.74, 6) is 2.79. The van der Waals surface area contributed by atoms with Crippen LogP contribution < -0.4 is 15.5 Å². The van der Waals surface area contributed by atoms with E-state index in [4.69, 9.17) is 14.4 Å². The van der Waals surface area contributed by atoms with Crippen molar-refractivity contribution in [3.63, 3.8) is 0 Å². The van der Waals surface area contributed by atoms with Gasteiger partial charge in [0.2, 0.25) is 11.8 Å². The molecule has 1 atom stereocenters. The van der Waals surface area contributed by atoms with Crippen molar-refractivity contribution in [1.29, 1.82) is 5.26 Å². The first-order chi connectivity index (χ1) is 20.2. The maximum absolute atomic E-state index is 9.36. The minimum absolute atomic E-state index is 0.0794. The van der Waals surface area contributed by atoms with Crippen LogP contribution in [0.5, 0.6) is 0 Å². The van der Waals surface area contributed by atoms with Crippen LogP contribution in [-0.4, -0.2) is 98.5 Å². The summed E-state index contributed by atoms with van der Waals surface area (Å²) in [7, 11) is 0. The molecule has 0 bridgehead atoms. The van der Waals surface area contributed by atoms with Gasteiger partial charge in [-0.3, -0.25) is 4.90 Å². The summed E-state index contributed by atoms with van der Waals surface area (Å²) in [6, 6.07) is 11.6. The van der Waals surface area contributed by atoms with E-state index < -0.39 is 0 Å². The molecular weight excluding hydrogens is 542 g/mol. The number of thiazole rings is 1. The molecule has 0 aliphatic carbocycles. The third-order valence-corrected chi connectivity index (χ3v) is 8.02. The Labute approximate surface area is 241 Å². The Morgan fingerprint density at radius 2 is 1.90 bits per heavy atom. The van der Waals surface area contributed by atoms with E-state index >= 15 is 0 Å². The lowest BCUT2D eigenvalue weighted by atomic mass is 10.1. The SMILES string of the molecule is N#CN1CCCC(Nc2nc(Nc3ncc(-c4nnc(-c5ccccc5)o4)s3)cc(N3CCN(CCO)CC3)n2)C1. The van der Waals surface area contributed by atoms with Gasteiger partial charge in [-0.05, 0) is 25.0 Å². The van der Waals surface area contributed by atoms with Gasteiger partial charge in [0.25, 0.3) is 5.89 Å². The first kappa shape index (κ1) is 26.9. The van der Waals surface area contributed by atoms with Crippen LogP contribution in [0, 0.1) is 11.5 Å². The summed E-state index contributed by atoms with van der Waals surface area (Å²) in [4.78, 5) is 21.1. The highest BCUT2D eigenvalue weighted by molar-refractivity contribution is 7.18. The number of aliphatic hydroxyl groups is 1. The molecular formula is C27H31N11O2S. The average Bonchev–Trinajstić information content (AvgIpc) is 3.68. The van der Waals surface area contributed by atoms with E-state index in [0.717, 1.165) is 61.8 Å². The average molecular weight is 574 g/mol. The third-order valence-electron chi connectivity index (χ3n) is 7.12. The molecule has 2 aliphatic rings. The Hall–Kier alpha value is -4.32. The fourth-order valence-corrected chi connectivity index (χ4v) is 5.74. The van der Waals surface area contributed by atoms with Crippen molar-refractivity contribution in [1.82, 2.24) is 34.9 Å². The normalized spacial score (nSPS) is 17.8. The van der Waals surface area contributed by atoms with E-state index in [1.807, 2.05) is 36.4 Å². The molecule has 2 saturated heterocycles. The van der Waals surface area contributed by atoms with Gasteiger partial charge < -0.3 is 30.0 Å². The predicted molar refractivity (Wildman–Crippen MR) is 156 cm³/mol. The van der Waals surface area contributed by atoms with Crippen LogP contribution in [0.25, 0.3) is 22.2 Å². The van der Waals surface area contributed by atoms with Crippen molar-refractivity contribution in [2.24, 2.45) is 0 Å². The number of nitriles is 1. The van der Waals surface area contributed by atoms with E-state index in [1.165, 1.54) is 11.3 Å². The van der Waals surface area contributed by atoms with Crippen LogP contribution in [0.4, 0.5) is 22.7 Å². The van der Waals surface area contributed by atoms with Gasteiger partial charge in [-0.25, -0.2) is 4.98 Å². The Bertz CT molecular complexity index is 1480. The molecule has 2 fully saturated rings. The van der Waals surface area contributed by atoms with Gasteiger partial charge in [0.05, 0.1) is 12.8 Å². The summed E-state index contributed by atoms with van der Waals surface area (Å²) in [5, 5.41) is 34.5. The monoisotopic (exact) mass is 573 g/mol. The fraction of sp³-hybridized carbons (Fsp3) is 0.407. The number of piperazine rings is 1. The largest absolute Gasteiger partial charge is 0.415 e. The molecule has 3 N–H and O–H groups in total. The highest BCUT2D eigenvalue weighted by atomic mass is 32.1. The van der Waals surface area contributed by atoms with Crippen LogP contribution >= 0.6 is 11.3 Å². The number of nitrogens with one attached hydrogen (secondary N) is 2. The maximum atomic E-state index is 9.36. The molecule has 0 radical (unpaired) electrons. The zero-order valence-corrected chi connectivity index (χ0v) is 23.3. The fourth-order valence-electron chi connectivity index (χ4n) is 5.00. The van der Waals surface area contributed by atoms with Crippen molar-refractivity contribution in [2.75, 3.05) is 68.0 Å². The van der Waals surface area contributed by atoms with Gasteiger partial charge in [-0.15, -0.1) is 10.2 Å². The second-order valence-corrected chi connectivity index (χ2v) is 11.0. The summed E-state index contributed by atoms with van der Waals surface area (Å²) in [6.45, 7) is 5.52. The minimum Gasteiger partial charge on any atom is -0.415 e. The molecule has 6 rings (SSSR count). The number of anilines is 4. The summed E-state index contributed by atoms with van der Waals surface area (Å²) >= 11 is 1.40. The van der Waals surface area contributed by atoms with Gasteiger partial charge in [-0.1, -0.05) is 29.5 Å². The molecule has 1 unspecified atom stereocenters. The quantitative estimate of drug-likeness (QED) is 0.252. The van der Waals surface area contributed by atoms with E-state index in [2.05, 4.69) is 41.8 Å². The number of piperidine rings is 1. The second kappa shape index (κ2) is 12.5. The van der Waals surface area contributed by atoms with Gasteiger partial charge in [0, 0.05) is 63.5 Å². The van der Waals surface area contributed by atoms with Crippen molar-refractivity contribution < 1.29 is 9.52 Å². The van der Waals surface area contributed by atoms with E-state index in [0.29, 0.717) is 41.8 Å². The Kier molecular flexibility index (Phi) is 8.17. The first-order valence-corrected chi connectivity index (χ1v) is 14.5. The van der Waals surface area contributed by atoms with Crippen molar-refractivity contribution in [3.8, 4) is 28.4 Å². The molecule has 2 aliphatic heterocycles. The molecule has 212 valence electrons. The smallest absolute Gasteiger partial charge is 0.259 e. The lowest BCUT2D eigenvalue weighted by Gasteiger charge is -2.35. The van der Waals surface area contributed by atoms with E-state index in [1.54, 1.807) is 11.1 Å². The standard InChI is InChI=1S/C27H31N11O2S/c28-18-37-8-4-7-20(17-37)30-26-31-22(15-23(33-26)38-11-9-36(10-12-38)13-14-39)32-27-29-16-21(41-27)25-35-34-24(40-25)19-5-2-1-3-6-19/h1-3,5-6,15-16,20,39H,4,7-14,17H2,(H2,29,30,31,32,33). The number of aliphatic hydroxyl groups excluding tert-OH is 1. The van der Waals surface area contributed by atoms with Gasteiger partial charge >= 0.3 is 0 Å². The minimum atomic E-state index is 0.0794. The Morgan fingerprint density at radius 1 is 1.07 bits per heavy atom. The zero-order chi connectivity index (χ0) is 28.0. The summed E-state index contributed by atoms with van der Waals surface area (Å²) in [6.07, 6.45) is 5.84. The number of rotatable bonds is 9. The highest BCUT2D eigenvalue weighted by Gasteiger charge is 2.23. The number of benzene rings is 1. The van der Waals surface area contributed by atoms with Gasteiger partial charge in [0.1, 0.15) is 16.5 Å². The molecule has 0 spiro atoms. The van der Waals surface area contributed by atoms with Gasteiger partial charge in [-0.2, -0.15) is 15.2 Å². The topological polar surface area (TPSA) is 155 Å². The number of hydrogen-bond acceptors (Lipinski definition) is 14. The van der Waals surface area contributed by atoms with Crippen LogP contribution in [-0.2, 0) is 0 Å². The van der Waals surface area contributed by atoms with Crippen molar-refractivity contribution >= 4 is 34.1 Å². The number of likely N-dealkylation sites (tertiary alicyclic amines) is 1. The summed E-state index contributed by atoms with van der Waals surface area (Å²) in [5.41, 5.74) is 0.857. The number of hydrogen-bond donors (Lipinski definition) is 3. The highest BCUT2D eigenvalue weighted by Crippen LogP contribution is 2.32.